The molecule has 0 saturated heterocycles. The van der Waals surface area contributed by atoms with Crippen LogP contribution in [0, 0.1) is 0 Å². The van der Waals surface area contributed by atoms with Crippen molar-refractivity contribution in [3.05, 3.63) is 147 Å². The summed E-state index contributed by atoms with van der Waals surface area (Å²) in [5.74, 6) is -1.23. The summed E-state index contributed by atoms with van der Waals surface area (Å²) < 4.78 is 17.0. The second kappa shape index (κ2) is 16.1. The van der Waals surface area contributed by atoms with Crippen LogP contribution in [-0.4, -0.2) is 50.8 Å². The van der Waals surface area contributed by atoms with Crippen LogP contribution in [0.1, 0.15) is 33.5 Å². The summed E-state index contributed by atoms with van der Waals surface area (Å²) >= 11 is 6.24. The fourth-order valence-corrected chi connectivity index (χ4v) is 5.64. The molecule has 3 N–H and O–H groups in total. The lowest BCUT2D eigenvalue weighted by Crippen LogP contribution is -2.44. The second-order valence-electron chi connectivity index (χ2n) is 11.6. The Morgan fingerprint density at radius 2 is 1.67 bits per heavy atom. The molecule has 6 rings (SSSR count). The molecule has 0 aliphatic carbocycles. The maximum absolute atomic E-state index is 13.9. The third-order valence-corrected chi connectivity index (χ3v) is 8.22. The van der Waals surface area contributed by atoms with Crippen molar-refractivity contribution >= 4 is 46.4 Å². The van der Waals surface area contributed by atoms with Crippen LogP contribution in [0.15, 0.2) is 119 Å². The van der Waals surface area contributed by atoms with Crippen LogP contribution in [0.3, 0.4) is 0 Å². The van der Waals surface area contributed by atoms with Gasteiger partial charge in [-0.25, -0.2) is 19.6 Å². The number of rotatable bonds is 12. The van der Waals surface area contributed by atoms with Crippen molar-refractivity contribution in [3.63, 3.8) is 0 Å². The summed E-state index contributed by atoms with van der Waals surface area (Å²) in [5.41, 5.74) is 1.86. The van der Waals surface area contributed by atoms with Crippen molar-refractivity contribution in [1.29, 1.82) is 0 Å². The molecular formula is C38H32ClN5O8. The number of carbonyl (C=O) groups is 3. The number of oxazole rings is 1. The Kier molecular flexibility index (Phi) is 11.0. The number of aliphatic hydroxyl groups is 1. The van der Waals surface area contributed by atoms with Crippen LogP contribution in [-0.2, 0) is 33.8 Å². The molecule has 0 radical (unpaired) electrons. The standard InChI is InChI=1S/C38H32ClN5O8/c1-50-37(48)26-15-16-31-28(19-26)42-35(52-31)33(46)29(17-23-9-4-2-5-10-23)41-32(45)21-44-34(25-13-8-14-27(39)18-25)40-20-30(36(44)47)43-38(49)51-22-24-11-6-3-7-12-24/h2-16,18-20,29,33,46H,17,21-22H2,1H3,(H,41,45)(H,43,49). The monoisotopic (exact) mass is 721 g/mol. The van der Waals surface area contributed by atoms with E-state index in [1.807, 2.05) is 36.4 Å². The van der Waals surface area contributed by atoms with E-state index in [9.17, 15) is 24.3 Å². The molecule has 13 nitrogen and oxygen atoms in total. The van der Waals surface area contributed by atoms with E-state index in [0.29, 0.717) is 21.7 Å². The minimum atomic E-state index is -1.45. The van der Waals surface area contributed by atoms with E-state index in [1.165, 1.54) is 31.5 Å². The van der Waals surface area contributed by atoms with Crippen molar-refractivity contribution in [2.24, 2.45) is 0 Å². The molecule has 2 unspecified atom stereocenters. The first-order valence-electron chi connectivity index (χ1n) is 16.0. The van der Waals surface area contributed by atoms with E-state index >= 15 is 0 Å². The predicted molar refractivity (Wildman–Crippen MR) is 192 cm³/mol. The van der Waals surface area contributed by atoms with Crippen molar-refractivity contribution in [3.8, 4) is 11.4 Å². The quantitative estimate of drug-likeness (QED) is 0.133. The van der Waals surface area contributed by atoms with Gasteiger partial charge in [0, 0.05) is 10.6 Å². The molecule has 2 atom stereocenters. The molecular weight excluding hydrogens is 690 g/mol. The highest BCUT2D eigenvalue weighted by Crippen LogP contribution is 2.26. The van der Waals surface area contributed by atoms with E-state index in [1.54, 1.807) is 48.5 Å². The lowest BCUT2D eigenvalue weighted by atomic mass is 10.0. The van der Waals surface area contributed by atoms with Gasteiger partial charge in [0.05, 0.1) is 24.9 Å². The molecule has 2 heterocycles. The van der Waals surface area contributed by atoms with Gasteiger partial charge in [-0.1, -0.05) is 84.4 Å². The molecule has 4 aromatic carbocycles. The van der Waals surface area contributed by atoms with Crippen LogP contribution in [0.25, 0.3) is 22.5 Å². The van der Waals surface area contributed by atoms with Crippen LogP contribution in [0.2, 0.25) is 5.02 Å². The number of methoxy groups -OCH3 is 1. The number of hydrogen-bond acceptors (Lipinski definition) is 10. The summed E-state index contributed by atoms with van der Waals surface area (Å²) in [5, 5.41) is 17.2. The highest BCUT2D eigenvalue weighted by Gasteiger charge is 2.29. The van der Waals surface area contributed by atoms with Gasteiger partial charge in [0.2, 0.25) is 11.8 Å². The van der Waals surface area contributed by atoms with E-state index in [0.717, 1.165) is 15.7 Å². The van der Waals surface area contributed by atoms with Crippen LogP contribution < -0.4 is 16.2 Å². The Bertz CT molecular complexity index is 2280. The predicted octanol–water partition coefficient (Wildman–Crippen LogP) is 5.70. The zero-order valence-corrected chi connectivity index (χ0v) is 28.4. The lowest BCUT2D eigenvalue weighted by Gasteiger charge is -2.23. The molecule has 0 saturated carbocycles. The van der Waals surface area contributed by atoms with Crippen molar-refractivity contribution < 1.29 is 33.4 Å². The normalized spacial score (nSPS) is 12.1. The fraction of sp³-hybridized carbons (Fsp3) is 0.158. The number of halogens is 1. The second-order valence-corrected chi connectivity index (χ2v) is 12.1. The Morgan fingerprint density at radius 3 is 2.38 bits per heavy atom. The number of aromatic nitrogens is 3. The summed E-state index contributed by atoms with van der Waals surface area (Å²) in [6.45, 7) is -0.592. The molecule has 0 fully saturated rings. The number of hydrogen-bond donors (Lipinski definition) is 3. The number of amides is 2. The van der Waals surface area contributed by atoms with Crippen LogP contribution in [0.4, 0.5) is 10.5 Å². The minimum Gasteiger partial charge on any atom is -0.465 e. The zero-order chi connectivity index (χ0) is 36.6. The molecule has 0 aliphatic heterocycles. The number of aliphatic hydroxyl groups excluding tert-OH is 1. The van der Waals surface area contributed by atoms with E-state index in [-0.39, 0.29) is 36.0 Å². The Morgan fingerprint density at radius 1 is 0.942 bits per heavy atom. The Hall–Kier alpha value is -6.31. The van der Waals surface area contributed by atoms with Gasteiger partial charge in [0.25, 0.3) is 5.56 Å². The van der Waals surface area contributed by atoms with Crippen molar-refractivity contribution in [2.45, 2.75) is 31.7 Å². The summed E-state index contributed by atoms with van der Waals surface area (Å²) in [6.07, 6.45) is -1.01. The highest BCUT2D eigenvalue weighted by atomic mass is 35.5. The lowest BCUT2D eigenvalue weighted by molar-refractivity contribution is -0.123. The molecule has 264 valence electrons. The topological polar surface area (TPSA) is 175 Å². The van der Waals surface area contributed by atoms with Crippen molar-refractivity contribution in [2.75, 3.05) is 12.4 Å². The van der Waals surface area contributed by atoms with Gasteiger partial charge in [-0.3, -0.25) is 19.5 Å². The van der Waals surface area contributed by atoms with E-state index < -0.39 is 42.2 Å². The average Bonchev–Trinajstić information content (AvgIpc) is 3.59. The number of esters is 1. The van der Waals surface area contributed by atoms with Gasteiger partial charge in [0.1, 0.15) is 30.2 Å². The number of benzene rings is 4. The summed E-state index contributed by atoms with van der Waals surface area (Å²) in [4.78, 5) is 61.2. The first-order valence-corrected chi connectivity index (χ1v) is 16.4. The number of ether oxygens (including phenoxy) is 2. The van der Waals surface area contributed by atoms with Gasteiger partial charge in [-0.2, -0.15) is 0 Å². The largest absolute Gasteiger partial charge is 0.465 e. The molecule has 0 aliphatic rings. The molecule has 2 aromatic heterocycles. The average molecular weight is 722 g/mol. The van der Waals surface area contributed by atoms with Crippen molar-refractivity contribution in [1.82, 2.24) is 19.9 Å². The van der Waals surface area contributed by atoms with Gasteiger partial charge < -0.3 is 24.3 Å². The summed E-state index contributed by atoms with van der Waals surface area (Å²) in [7, 11) is 1.26. The van der Waals surface area contributed by atoms with Gasteiger partial charge in [-0.05, 0) is 47.9 Å². The SMILES string of the molecule is COC(=O)c1ccc2oc(C(O)C(Cc3ccccc3)NC(=O)Cn3c(-c4cccc(Cl)c4)ncc(NC(=O)OCc4ccccc4)c3=O)nc2c1. The van der Waals surface area contributed by atoms with Gasteiger partial charge >= 0.3 is 12.1 Å². The van der Waals surface area contributed by atoms with E-state index in [4.69, 9.17) is 25.5 Å². The fourth-order valence-electron chi connectivity index (χ4n) is 5.45. The number of carbonyl (C=O) groups excluding carboxylic acids is 3. The Balaban J connectivity index is 1.28. The third-order valence-electron chi connectivity index (χ3n) is 7.99. The van der Waals surface area contributed by atoms with E-state index in [2.05, 4.69) is 20.6 Å². The van der Waals surface area contributed by atoms with Crippen LogP contribution >= 0.6 is 11.6 Å². The first-order chi connectivity index (χ1) is 25.2. The number of fused-ring (bicyclic) bond motifs is 1. The third kappa shape index (κ3) is 8.52. The zero-order valence-electron chi connectivity index (χ0n) is 27.7. The molecule has 0 spiro atoms. The molecule has 52 heavy (non-hydrogen) atoms. The summed E-state index contributed by atoms with van der Waals surface area (Å²) in [6, 6.07) is 28.2. The Labute approximate surface area is 301 Å². The number of anilines is 1. The smallest absolute Gasteiger partial charge is 0.412 e. The highest BCUT2D eigenvalue weighted by molar-refractivity contribution is 6.30. The first kappa shape index (κ1) is 35.5. The molecule has 14 heteroatoms. The number of nitrogens with zero attached hydrogens (tertiary/aromatic N) is 3. The van der Waals surface area contributed by atoms with Gasteiger partial charge in [0.15, 0.2) is 11.7 Å². The molecule has 2 amide bonds. The maximum atomic E-state index is 13.9. The molecule has 0 bridgehead atoms. The van der Waals surface area contributed by atoms with Crippen LogP contribution in [0.5, 0.6) is 0 Å². The van der Waals surface area contributed by atoms with Gasteiger partial charge in [-0.15, -0.1) is 0 Å². The number of nitrogens with one attached hydrogen (secondary N) is 2. The molecule has 6 aromatic rings. The minimum absolute atomic E-state index is 0.0328. The maximum Gasteiger partial charge on any atom is 0.412 e.